The number of aliphatic hydroxyl groups is 1. The van der Waals surface area contributed by atoms with Gasteiger partial charge in [0.2, 0.25) is 0 Å². The summed E-state index contributed by atoms with van der Waals surface area (Å²) < 4.78 is 10.6. The van der Waals surface area contributed by atoms with E-state index in [0.29, 0.717) is 6.61 Å². The average molecular weight is 206 g/mol. The van der Waals surface area contributed by atoms with E-state index >= 15 is 0 Å². The van der Waals surface area contributed by atoms with E-state index in [2.05, 4.69) is 0 Å². The number of aliphatic hydroxyl groups excluding tert-OH is 1. The minimum absolute atomic E-state index is 0.0466. The van der Waals surface area contributed by atoms with E-state index in [4.69, 9.17) is 14.6 Å². The number of hydrogen-bond acceptors (Lipinski definition) is 4. The lowest BCUT2D eigenvalue weighted by Gasteiger charge is -2.07. The molecule has 0 aromatic carbocycles. The summed E-state index contributed by atoms with van der Waals surface area (Å²) in [5.74, 6) is 2.23. The third-order valence-electron chi connectivity index (χ3n) is 1.89. The quantitative estimate of drug-likeness (QED) is 0.636. The van der Waals surface area contributed by atoms with Crippen LogP contribution in [0.2, 0.25) is 0 Å². The van der Waals surface area contributed by atoms with Crippen molar-refractivity contribution in [2.24, 2.45) is 0 Å². The van der Waals surface area contributed by atoms with Crippen molar-refractivity contribution in [3.8, 4) is 0 Å². The van der Waals surface area contributed by atoms with Crippen LogP contribution in [-0.2, 0) is 9.47 Å². The Hall–Kier alpha value is 0.230. The third kappa shape index (κ3) is 5.52. The van der Waals surface area contributed by atoms with Crippen LogP contribution in [-0.4, -0.2) is 42.7 Å². The molecule has 1 fully saturated rings. The Morgan fingerprint density at radius 1 is 1.15 bits per heavy atom. The number of thioether (sulfide) groups is 1. The first-order valence-electron chi connectivity index (χ1n) is 4.85. The van der Waals surface area contributed by atoms with Crippen molar-refractivity contribution in [2.45, 2.75) is 25.6 Å². The van der Waals surface area contributed by atoms with Gasteiger partial charge in [-0.3, -0.25) is 0 Å². The maximum absolute atomic E-state index is 8.55. The number of rotatable bonds is 7. The summed E-state index contributed by atoms with van der Waals surface area (Å²) in [6.45, 7) is 1.81. The summed E-state index contributed by atoms with van der Waals surface area (Å²) in [5, 5.41) is 8.55. The second-order valence-electron chi connectivity index (χ2n) is 3.00. The smallest absolute Gasteiger partial charge is 0.158 e. The predicted molar refractivity (Wildman–Crippen MR) is 54.0 cm³/mol. The van der Waals surface area contributed by atoms with Crippen LogP contribution in [0, 0.1) is 0 Å². The Bertz CT molecular complexity index is 115. The first kappa shape index (κ1) is 11.3. The van der Waals surface area contributed by atoms with Crippen LogP contribution < -0.4 is 0 Å². The Balaban J connectivity index is 1.78. The Morgan fingerprint density at radius 3 is 2.62 bits per heavy atom. The highest BCUT2D eigenvalue weighted by atomic mass is 32.2. The molecule has 1 rings (SSSR count). The first-order valence-corrected chi connectivity index (χ1v) is 6.01. The van der Waals surface area contributed by atoms with Crippen LogP contribution in [0.4, 0.5) is 0 Å². The molecule has 3 nitrogen and oxygen atoms in total. The molecule has 1 aliphatic heterocycles. The second kappa shape index (κ2) is 7.62. The molecule has 1 N–H and O–H groups in total. The van der Waals surface area contributed by atoms with Crippen molar-refractivity contribution in [1.82, 2.24) is 0 Å². The second-order valence-corrected chi connectivity index (χ2v) is 4.23. The SMILES string of the molecule is OCCCCSCCC1OCCO1. The average Bonchev–Trinajstić information content (AvgIpc) is 2.63. The van der Waals surface area contributed by atoms with Crippen molar-refractivity contribution in [1.29, 1.82) is 0 Å². The van der Waals surface area contributed by atoms with Crippen LogP contribution in [0.15, 0.2) is 0 Å². The van der Waals surface area contributed by atoms with Crippen molar-refractivity contribution in [3.63, 3.8) is 0 Å². The molecular formula is C9H18O3S. The minimum Gasteiger partial charge on any atom is -0.396 e. The third-order valence-corrected chi connectivity index (χ3v) is 2.99. The van der Waals surface area contributed by atoms with Gasteiger partial charge in [0.25, 0.3) is 0 Å². The van der Waals surface area contributed by atoms with E-state index in [1.165, 1.54) is 0 Å². The molecular weight excluding hydrogens is 188 g/mol. The van der Waals surface area contributed by atoms with E-state index in [0.717, 1.165) is 44.0 Å². The summed E-state index contributed by atoms with van der Waals surface area (Å²) in [7, 11) is 0. The lowest BCUT2D eigenvalue weighted by atomic mass is 10.4. The summed E-state index contributed by atoms with van der Waals surface area (Å²) in [5.41, 5.74) is 0. The highest BCUT2D eigenvalue weighted by molar-refractivity contribution is 7.99. The van der Waals surface area contributed by atoms with Crippen molar-refractivity contribution in [2.75, 3.05) is 31.3 Å². The van der Waals surface area contributed by atoms with Gasteiger partial charge in [0.05, 0.1) is 13.2 Å². The van der Waals surface area contributed by atoms with Gasteiger partial charge in [-0.1, -0.05) is 0 Å². The Labute approximate surface area is 83.8 Å². The van der Waals surface area contributed by atoms with Gasteiger partial charge in [0.1, 0.15) is 0 Å². The highest BCUT2D eigenvalue weighted by Crippen LogP contribution is 2.13. The van der Waals surface area contributed by atoms with E-state index in [-0.39, 0.29) is 6.29 Å². The highest BCUT2D eigenvalue weighted by Gasteiger charge is 2.14. The molecule has 0 saturated carbocycles. The van der Waals surface area contributed by atoms with E-state index < -0.39 is 0 Å². The number of hydrogen-bond donors (Lipinski definition) is 1. The zero-order valence-electron chi connectivity index (χ0n) is 7.91. The van der Waals surface area contributed by atoms with Gasteiger partial charge < -0.3 is 14.6 Å². The largest absolute Gasteiger partial charge is 0.396 e. The molecule has 78 valence electrons. The molecule has 13 heavy (non-hydrogen) atoms. The standard InChI is InChI=1S/C9H18O3S/c10-4-1-2-7-13-8-3-9-11-5-6-12-9/h9-10H,1-8H2. The van der Waals surface area contributed by atoms with Gasteiger partial charge in [0.15, 0.2) is 6.29 Å². The molecule has 0 radical (unpaired) electrons. The molecule has 0 aliphatic carbocycles. The van der Waals surface area contributed by atoms with E-state index in [1.54, 1.807) is 0 Å². The number of unbranched alkanes of at least 4 members (excludes halogenated alkanes) is 1. The van der Waals surface area contributed by atoms with Gasteiger partial charge >= 0.3 is 0 Å². The molecule has 1 aliphatic rings. The van der Waals surface area contributed by atoms with Crippen LogP contribution in [0.25, 0.3) is 0 Å². The zero-order chi connectivity index (χ0) is 9.36. The fourth-order valence-corrected chi connectivity index (χ4v) is 2.14. The van der Waals surface area contributed by atoms with Crippen LogP contribution >= 0.6 is 11.8 Å². The maximum Gasteiger partial charge on any atom is 0.158 e. The minimum atomic E-state index is 0.0466. The van der Waals surface area contributed by atoms with Crippen molar-refractivity contribution < 1.29 is 14.6 Å². The predicted octanol–water partition coefficient (Wildman–Crippen LogP) is 1.26. The maximum atomic E-state index is 8.55. The van der Waals surface area contributed by atoms with E-state index in [9.17, 15) is 0 Å². The van der Waals surface area contributed by atoms with Crippen LogP contribution in [0.1, 0.15) is 19.3 Å². The fraction of sp³-hybridized carbons (Fsp3) is 1.00. The topological polar surface area (TPSA) is 38.7 Å². The molecule has 0 amide bonds. The van der Waals surface area contributed by atoms with Crippen LogP contribution in [0.3, 0.4) is 0 Å². The van der Waals surface area contributed by atoms with Gasteiger partial charge in [-0.2, -0.15) is 11.8 Å². The normalized spacial score (nSPS) is 18.2. The van der Waals surface area contributed by atoms with Crippen LogP contribution in [0.5, 0.6) is 0 Å². The first-order chi connectivity index (χ1) is 6.43. The van der Waals surface area contributed by atoms with Gasteiger partial charge in [-0.25, -0.2) is 0 Å². The zero-order valence-corrected chi connectivity index (χ0v) is 8.72. The van der Waals surface area contributed by atoms with E-state index in [1.807, 2.05) is 11.8 Å². The lowest BCUT2D eigenvalue weighted by Crippen LogP contribution is -2.08. The van der Waals surface area contributed by atoms with Gasteiger partial charge in [-0.05, 0) is 24.3 Å². The Morgan fingerprint density at radius 2 is 1.92 bits per heavy atom. The molecule has 0 aromatic rings. The lowest BCUT2D eigenvalue weighted by molar-refractivity contribution is -0.0421. The summed E-state index contributed by atoms with van der Waals surface area (Å²) in [6.07, 6.45) is 3.06. The summed E-state index contributed by atoms with van der Waals surface area (Å²) in [4.78, 5) is 0. The molecule has 0 aromatic heterocycles. The molecule has 1 heterocycles. The summed E-state index contributed by atoms with van der Waals surface area (Å²) in [6, 6.07) is 0. The molecule has 0 bridgehead atoms. The Kier molecular flexibility index (Phi) is 6.62. The molecule has 4 heteroatoms. The van der Waals surface area contributed by atoms with Gasteiger partial charge in [0, 0.05) is 13.0 Å². The molecule has 0 atom stereocenters. The molecule has 0 unspecified atom stereocenters. The fourth-order valence-electron chi connectivity index (χ4n) is 1.17. The monoisotopic (exact) mass is 206 g/mol. The van der Waals surface area contributed by atoms with Crippen molar-refractivity contribution in [3.05, 3.63) is 0 Å². The molecule has 1 saturated heterocycles. The molecule has 0 spiro atoms. The van der Waals surface area contributed by atoms with Crippen molar-refractivity contribution >= 4 is 11.8 Å². The van der Waals surface area contributed by atoms with Gasteiger partial charge in [-0.15, -0.1) is 0 Å². The summed E-state index contributed by atoms with van der Waals surface area (Å²) >= 11 is 1.91. The number of ether oxygens (including phenoxy) is 2.